The Morgan fingerprint density at radius 1 is 1.14 bits per heavy atom. The Balaban J connectivity index is 1.69. The molecule has 0 saturated carbocycles. The second-order valence-electron chi connectivity index (χ2n) is 8.32. The minimum Gasteiger partial charge on any atom is -0.497 e. The smallest absolute Gasteiger partial charge is 0.407 e. The quantitative estimate of drug-likeness (QED) is 0.819. The third-order valence-electron chi connectivity index (χ3n) is 4.76. The number of benzene rings is 2. The molecule has 28 heavy (non-hydrogen) atoms. The van der Waals surface area contributed by atoms with E-state index in [2.05, 4.69) is 40.5 Å². The normalized spacial score (nSPS) is 14.4. The molecule has 1 atom stereocenters. The Kier molecular flexibility index (Phi) is 5.82. The molecule has 1 aliphatic rings. The maximum atomic E-state index is 12.0. The van der Waals surface area contributed by atoms with Crippen molar-refractivity contribution >= 4 is 11.8 Å². The van der Waals surface area contributed by atoms with E-state index in [4.69, 9.17) is 9.47 Å². The van der Waals surface area contributed by atoms with Crippen molar-refractivity contribution in [2.75, 3.05) is 25.1 Å². The van der Waals surface area contributed by atoms with Gasteiger partial charge in [-0.3, -0.25) is 0 Å². The molecule has 0 spiro atoms. The van der Waals surface area contributed by atoms with Crippen LogP contribution in [-0.2, 0) is 11.2 Å². The van der Waals surface area contributed by atoms with Gasteiger partial charge in [0.05, 0.1) is 7.11 Å². The average molecular weight is 383 g/mol. The van der Waals surface area contributed by atoms with E-state index in [1.165, 1.54) is 16.8 Å². The standard InChI is InChI=1S/C23H30N2O3/c1-16(24-22(26)28-23(2,3)4)15-25-13-12-18-6-7-19(14-21(18)25)17-8-10-20(27-5)11-9-17/h6-11,14,16H,12-13,15H2,1-5H3,(H,24,26)/t16-/m0/s1. The van der Waals surface area contributed by atoms with Crippen LogP contribution in [0.2, 0.25) is 0 Å². The Morgan fingerprint density at radius 2 is 1.82 bits per heavy atom. The van der Waals surface area contributed by atoms with Crippen molar-refractivity contribution in [2.45, 2.75) is 45.8 Å². The van der Waals surface area contributed by atoms with Crippen molar-refractivity contribution in [3.8, 4) is 16.9 Å². The van der Waals surface area contributed by atoms with Gasteiger partial charge in [0.25, 0.3) is 0 Å². The van der Waals surface area contributed by atoms with Gasteiger partial charge in [-0.25, -0.2) is 4.79 Å². The number of anilines is 1. The zero-order valence-corrected chi connectivity index (χ0v) is 17.4. The predicted molar refractivity (Wildman–Crippen MR) is 113 cm³/mol. The van der Waals surface area contributed by atoms with Gasteiger partial charge in [-0.1, -0.05) is 24.3 Å². The number of rotatable bonds is 5. The Bertz CT molecular complexity index is 825. The third-order valence-corrected chi connectivity index (χ3v) is 4.76. The van der Waals surface area contributed by atoms with E-state index in [0.29, 0.717) is 0 Å². The van der Waals surface area contributed by atoms with E-state index in [9.17, 15) is 4.79 Å². The molecule has 1 aliphatic heterocycles. The van der Waals surface area contributed by atoms with Crippen molar-refractivity contribution in [3.05, 3.63) is 48.0 Å². The maximum Gasteiger partial charge on any atom is 0.407 e. The highest BCUT2D eigenvalue weighted by molar-refractivity contribution is 5.73. The van der Waals surface area contributed by atoms with Crippen LogP contribution < -0.4 is 15.0 Å². The van der Waals surface area contributed by atoms with Crippen LogP contribution in [0.25, 0.3) is 11.1 Å². The lowest BCUT2D eigenvalue weighted by Gasteiger charge is -2.26. The molecule has 0 bridgehead atoms. The molecule has 3 rings (SSSR count). The fraction of sp³-hybridized carbons (Fsp3) is 0.435. The van der Waals surface area contributed by atoms with Gasteiger partial charge in [-0.2, -0.15) is 0 Å². The lowest BCUT2D eigenvalue weighted by atomic mass is 10.0. The van der Waals surface area contributed by atoms with Crippen molar-refractivity contribution in [2.24, 2.45) is 0 Å². The Labute approximate surface area is 167 Å². The number of fused-ring (bicyclic) bond motifs is 1. The molecule has 0 aromatic heterocycles. The number of hydrogen-bond acceptors (Lipinski definition) is 4. The lowest BCUT2D eigenvalue weighted by Crippen LogP contribution is -2.43. The molecule has 0 unspecified atom stereocenters. The number of nitrogens with zero attached hydrogens (tertiary/aromatic N) is 1. The summed E-state index contributed by atoms with van der Waals surface area (Å²) in [6.45, 7) is 9.33. The van der Waals surface area contributed by atoms with Crippen LogP contribution in [0, 0.1) is 0 Å². The van der Waals surface area contributed by atoms with E-state index in [1.54, 1.807) is 7.11 Å². The van der Waals surface area contributed by atoms with Gasteiger partial charge < -0.3 is 19.7 Å². The van der Waals surface area contributed by atoms with Crippen LogP contribution in [0.5, 0.6) is 5.75 Å². The van der Waals surface area contributed by atoms with Crippen LogP contribution in [0.15, 0.2) is 42.5 Å². The van der Waals surface area contributed by atoms with Gasteiger partial charge in [0.2, 0.25) is 0 Å². The molecule has 0 aliphatic carbocycles. The number of hydrogen-bond donors (Lipinski definition) is 1. The summed E-state index contributed by atoms with van der Waals surface area (Å²) in [4.78, 5) is 14.4. The number of amides is 1. The fourth-order valence-electron chi connectivity index (χ4n) is 3.48. The topological polar surface area (TPSA) is 50.8 Å². The zero-order valence-electron chi connectivity index (χ0n) is 17.4. The summed E-state index contributed by atoms with van der Waals surface area (Å²) in [5, 5.41) is 2.94. The number of alkyl carbamates (subject to hydrolysis) is 1. The maximum absolute atomic E-state index is 12.0. The highest BCUT2D eigenvalue weighted by atomic mass is 16.6. The van der Waals surface area contributed by atoms with Crippen molar-refractivity contribution in [1.82, 2.24) is 5.32 Å². The molecule has 1 amide bonds. The highest BCUT2D eigenvalue weighted by Gasteiger charge is 2.23. The second kappa shape index (κ2) is 8.13. The number of nitrogens with one attached hydrogen (secondary N) is 1. The summed E-state index contributed by atoms with van der Waals surface area (Å²) in [6, 6.07) is 14.7. The fourth-order valence-corrected chi connectivity index (χ4v) is 3.48. The molecule has 5 nitrogen and oxygen atoms in total. The first kappa shape index (κ1) is 20.1. The Hall–Kier alpha value is -2.69. The number of ether oxygens (including phenoxy) is 2. The number of methoxy groups -OCH3 is 1. The number of carbonyl (C=O) groups excluding carboxylic acids is 1. The van der Waals surface area contributed by atoms with Gasteiger partial charge in [0.15, 0.2) is 0 Å². The molecule has 0 saturated heterocycles. The molecule has 1 N–H and O–H groups in total. The summed E-state index contributed by atoms with van der Waals surface area (Å²) in [5.74, 6) is 0.855. The average Bonchev–Trinajstić information content (AvgIpc) is 3.02. The van der Waals surface area contributed by atoms with Gasteiger partial charge in [-0.05, 0) is 69.0 Å². The molecule has 0 fully saturated rings. The summed E-state index contributed by atoms with van der Waals surface area (Å²) < 4.78 is 10.6. The second-order valence-corrected chi connectivity index (χ2v) is 8.32. The van der Waals surface area contributed by atoms with E-state index < -0.39 is 5.60 Å². The predicted octanol–water partition coefficient (Wildman–Crippen LogP) is 4.64. The van der Waals surface area contributed by atoms with E-state index in [0.717, 1.165) is 30.8 Å². The van der Waals surface area contributed by atoms with Crippen LogP contribution in [-0.4, -0.2) is 37.9 Å². The van der Waals surface area contributed by atoms with E-state index in [-0.39, 0.29) is 12.1 Å². The van der Waals surface area contributed by atoms with Gasteiger partial charge in [0, 0.05) is 24.8 Å². The van der Waals surface area contributed by atoms with E-state index >= 15 is 0 Å². The van der Waals surface area contributed by atoms with Crippen LogP contribution >= 0.6 is 0 Å². The lowest BCUT2D eigenvalue weighted by molar-refractivity contribution is 0.0510. The number of carbonyl (C=O) groups is 1. The summed E-state index contributed by atoms with van der Waals surface area (Å²) in [7, 11) is 1.68. The Morgan fingerprint density at radius 3 is 2.46 bits per heavy atom. The first-order chi connectivity index (χ1) is 13.2. The molecule has 1 heterocycles. The van der Waals surface area contributed by atoms with Crippen molar-refractivity contribution < 1.29 is 14.3 Å². The van der Waals surface area contributed by atoms with Crippen molar-refractivity contribution in [1.29, 1.82) is 0 Å². The molecule has 150 valence electrons. The van der Waals surface area contributed by atoms with Crippen LogP contribution in [0.4, 0.5) is 10.5 Å². The zero-order chi connectivity index (χ0) is 20.3. The van der Waals surface area contributed by atoms with Gasteiger partial charge in [0.1, 0.15) is 11.4 Å². The van der Waals surface area contributed by atoms with E-state index in [1.807, 2.05) is 39.8 Å². The molecular formula is C23H30N2O3. The highest BCUT2D eigenvalue weighted by Crippen LogP contribution is 2.33. The molecular weight excluding hydrogens is 352 g/mol. The third kappa shape index (κ3) is 4.97. The van der Waals surface area contributed by atoms with Crippen LogP contribution in [0.1, 0.15) is 33.3 Å². The largest absolute Gasteiger partial charge is 0.497 e. The molecule has 2 aromatic rings. The summed E-state index contributed by atoms with van der Waals surface area (Å²) in [5.41, 5.74) is 4.45. The van der Waals surface area contributed by atoms with Crippen LogP contribution in [0.3, 0.4) is 0 Å². The SMILES string of the molecule is COc1ccc(-c2ccc3c(c2)N(C[C@H](C)NC(=O)OC(C)(C)C)CC3)cc1. The molecule has 2 aromatic carbocycles. The van der Waals surface area contributed by atoms with Crippen molar-refractivity contribution in [3.63, 3.8) is 0 Å². The summed E-state index contributed by atoms with van der Waals surface area (Å²) >= 11 is 0. The minimum atomic E-state index is -0.489. The van der Waals surface area contributed by atoms with Gasteiger partial charge >= 0.3 is 6.09 Å². The monoisotopic (exact) mass is 382 g/mol. The molecule has 0 radical (unpaired) electrons. The van der Waals surface area contributed by atoms with Gasteiger partial charge in [-0.15, -0.1) is 0 Å². The molecule has 5 heteroatoms. The first-order valence-electron chi connectivity index (χ1n) is 9.77. The minimum absolute atomic E-state index is 0.00885. The summed E-state index contributed by atoms with van der Waals surface area (Å²) in [6.07, 6.45) is 0.656. The first-order valence-corrected chi connectivity index (χ1v) is 9.77.